The average Bonchev–Trinajstić information content (AvgIpc) is 2.57. The van der Waals surface area contributed by atoms with Gasteiger partial charge in [0.25, 0.3) is 0 Å². The van der Waals surface area contributed by atoms with Crippen LogP contribution in [0.1, 0.15) is 39.5 Å². The van der Waals surface area contributed by atoms with Crippen LogP contribution in [0.5, 0.6) is 0 Å². The van der Waals surface area contributed by atoms with Gasteiger partial charge in [-0.15, -0.1) is 11.8 Å². The van der Waals surface area contributed by atoms with E-state index < -0.39 is 5.97 Å². The molecule has 0 bridgehead atoms. The first-order valence-corrected chi connectivity index (χ1v) is 6.60. The molecule has 1 unspecified atom stereocenters. The first kappa shape index (κ1) is 11.3. The Morgan fingerprint density at radius 1 is 1.40 bits per heavy atom. The van der Waals surface area contributed by atoms with Crippen molar-refractivity contribution >= 4 is 17.7 Å². The van der Waals surface area contributed by atoms with E-state index in [0.29, 0.717) is 5.75 Å². The molecule has 0 radical (unpaired) electrons. The van der Waals surface area contributed by atoms with Crippen LogP contribution in [-0.4, -0.2) is 27.7 Å². The van der Waals surface area contributed by atoms with E-state index in [1.54, 1.807) is 0 Å². The number of thioether (sulfide) groups is 1. The SMILES string of the molecule is CC1(C)CCCCC12N[C@@H](C(=O)O)CS2. The molecule has 2 N–H and O–H groups in total. The standard InChI is InChI=1S/C11H19NO2S/c1-10(2)5-3-4-6-11(10)12-8(7-15-11)9(13)14/h8,12H,3-7H2,1-2H3,(H,13,14)/t8-,11?/m1/s1. The molecule has 1 heterocycles. The van der Waals surface area contributed by atoms with Crippen LogP contribution in [0.4, 0.5) is 0 Å². The predicted octanol–water partition coefficient (Wildman–Crippen LogP) is 2.07. The highest BCUT2D eigenvalue weighted by Gasteiger charge is 2.52. The van der Waals surface area contributed by atoms with Crippen molar-refractivity contribution in [3.05, 3.63) is 0 Å². The van der Waals surface area contributed by atoms with Gasteiger partial charge in [-0.05, 0) is 18.3 Å². The van der Waals surface area contributed by atoms with E-state index in [1.165, 1.54) is 19.3 Å². The number of rotatable bonds is 1. The molecule has 1 saturated heterocycles. The van der Waals surface area contributed by atoms with Crippen LogP contribution in [0.25, 0.3) is 0 Å². The van der Waals surface area contributed by atoms with Crippen molar-refractivity contribution in [2.24, 2.45) is 5.41 Å². The lowest BCUT2D eigenvalue weighted by Gasteiger charge is -2.47. The molecule has 0 aromatic rings. The average molecular weight is 229 g/mol. The Hall–Kier alpha value is -0.220. The van der Waals surface area contributed by atoms with Crippen molar-refractivity contribution in [1.82, 2.24) is 5.32 Å². The van der Waals surface area contributed by atoms with Crippen LogP contribution in [0.15, 0.2) is 0 Å². The zero-order valence-electron chi connectivity index (χ0n) is 9.38. The van der Waals surface area contributed by atoms with Gasteiger partial charge in [-0.25, -0.2) is 0 Å². The maximum atomic E-state index is 11.0. The number of aliphatic carboxylic acids is 1. The summed E-state index contributed by atoms with van der Waals surface area (Å²) in [5, 5.41) is 12.4. The highest BCUT2D eigenvalue weighted by molar-refractivity contribution is 8.01. The smallest absolute Gasteiger partial charge is 0.321 e. The molecule has 0 aromatic carbocycles. The number of carboxylic acid groups (broad SMARTS) is 1. The molecule has 3 nitrogen and oxygen atoms in total. The monoisotopic (exact) mass is 229 g/mol. The Morgan fingerprint density at radius 2 is 2.07 bits per heavy atom. The van der Waals surface area contributed by atoms with Gasteiger partial charge in [-0.1, -0.05) is 26.7 Å². The maximum absolute atomic E-state index is 11.0. The van der Waals surface area contributed by atoms with Gasteiger partial charge >= 0.3 is 5.97 Å². The van der Waals surface area contributed by atoms with Gasteiger partial charge in [0.15, 0.2) is 0 Å². The third-order valence-corrected chi connectivity index (χ3v) is 5.74. The van der Waals surface area contributed by atoms with Gasteiger partial charge < -0.3 is 5.11 Å². The van der Waals surface area contributed by atoms with Crippen LogP contribution >= 0.6 is 11.8 Å². The molecule has 2 fully saturated rings. The molecule has 2 atom stereocenters. The zero-order valence-corrected chi connectivity index (χ0v) is 10.2. The molecular weight excluding hydrogens is 210 g/mol. The van der Waals surface area contributed by atoms with Gasteiger partial charge in [0, 0.05) is 5.75 Å². The van der Waals surface area contributed by atoms with Crippen molar-refractivity contribution in [3.8, 4) is 0 Å². The minimum atomic E-state index is -0.708. The Morgan fingerprint density at radius 3 is 2.60 bits per heavy atom. The van der Waals surface area contributed by atoms with Gasteiger partial charge in [-0.2, -0.15) is 0 Å². The van der Waals surface area contributed by atoms with E-state index >= 15 is 0 Å². The minimum absolute atomic E-state index is 0.00824. The summed E-state index contributed by atoms with van der Waals surface area (Å²) in [5.74, 6) is -0.000534. The number of carboxylic acids is 1. The summed E-state index contributed by atoms with van der Waals surface area (Å²) in [4.78, 5) is 11.0. The molecule has 2 aliphatic rings. The van der Waals surface area contributed by atoms with Gasteiger partial charge in [0.1, 0.15) is 6.04 Å². The first-order chi connectivity index (χ1) is 6.97. The molecule has 0 aromatic heterocycles. The van der Waals surface area contributed by atoms with Gasteiger partial charge in [0.05, 0.1) is 4.87 Å². The predicted molar refractivity (Wildman–Crippen MR) is 62.0 cm³/mol. The van der Waals surface area contributed by atoms with E-state index in [-0.39, 0.29) is 16.3 Å². The fourth-order valence-electron chi connectivity index (χ4n) is 2.74. The summed E-state index contributed by atoms with van der Waals surface area (Å²) >= 11 is 1.82. The number of carbonyl (C=O) groups is 1. The number of nitrogens with one attached hydrogen (secondary N) is 1. The lowest BCUT2D eigenvalue weighted by atomic mass is 9.72. The third kappa shape index (κ3) is 1.78. The second kappa shape index (κ2) is 3.67. The summed E-state index contributed by atoms with van der Waals surface area (Å²) in [6.07, 6.45) is 4.79. The molecule has 1 spiro atoms. The molecule has 4 heteroatoms. The fourth-order valence-corrected chi connectivity index (χ4v) is 4.42. The molecule has 86 valence electrons. The Labute approximate surface area is 95.0 Å². The number of hydrogen-bond acceptors (Lipinski definition) is 3. The van der Waals surface area contributed by atoms with Crippen LogP contribution in [0, 0.1) is 5.41 Å². The largest absolute Gasteiger partial charge is 0.480 e. The van der Waals surface area contributed by atoms with Gasteiger partial charge in [0.2, 0.25) is 0 Å². The van der Waals surface area contributed by atoms with E-state index in [0.717, 1.165) is 6.42 Å². The highest BCUT2D eigenvalue weighted by Crippen LogP contribution is 2.53. The highest BCUT2D eigenvalue weighted by atomic mass is 32.2. The first-order valence-electron chi connectivity index (χ1n) is 5.61. The minimum Gasteiger partial charge on any atom is -0.480 e. The summed E-state index contributed by atoms with van der Waals surface area (Å²) in [6.45, 7) is 4.52. The lowest BCUT2D eigenvalue weighted by molar-refractivity contribution is -0.139. The van der Waals surface area contributed by atoms with E-state index in [1.807, 2.05) is 11.8 Å². The Bertz CT molecular complexity index is 280. The molecule has 1 aliphatic heterocycles. The lowest BCUT2D eigenvalue weighted by Crippen LogP contribution is -2.55. The number of hydrogen-bond donors (Lipinski definition) is 2. The van der Waals surface area contributed by atoms with Crippen molar-refractivity contribution < 1.29 is 9.90 Å². The molecule has 15 heavy (non-hydrogen) atoms. The molecule has 1 aliphatic carbocycles. The Balaban J connectivity index is 2.16. The van der Waals surface area contributed by atoms with Crippen molar-refractivity contribution in [2.75, 3.05) is 5.75 Å². The summed E-state index contributed by atoms with van der Waals surface area (Å²) in [5.41, 5.74) is 0.208. The molecule has 2 rings (SSSR count). The maximum Gasteiger partial charge on any atom is 0.321 e. The third-order valence-electron chi connectivity index (χ3n) is 3.88. The zero-order chi connectivity index (χ0) is 11.1. The van der Waals surface area contributed by atoms with Gasteiger partial charge in [-0.3, -0.25) is 10.1 Å². The molecular formula is C11H19NO2S. The summed E-state index contributed by atoms with van der Waals surface area (Å²) in [6, 6.07) is -0.354. The van der Waals surface area contributed by atoms with Crippen molar-refractivity contribution in [2.45, 2.75) is 50.4 Å². The quantitative estimate of drug-likeness (QED) is 0.722. The summed E-state index contributed by atoms with van der Waals surface area (Å²) in [7, 11) is 0. The Kier molecular flexibility index (Phi) is 2.75. The van der Waals surface area contributed by atoms with E-state index in [4.69, 9.17) is 5.11 Å². The summed E-state index contributed by atoms with van der Waals surface area (Å²) < 4.78 is 0. The van der Waals surface area contributed by atoms with Crippen LogP contribution in [-0.2, 0) is 4.79 Å². The fraction of sp³-hybridized carbons (Fsp3) is 0.909. The van der Waals surface area contributed by atoms with E-state index in [9.17, 15) is 4.79 Å². The second-order valence-electron chi connectivity index (χ2n) is 5.26. The van der Waals surface area contributed by atoms with E-state index in [2.05, 4.69) is 19.2 Å². The van der Waals surface area contributed by atoms with Crippen molar-refractivity contribution in [3.63, 3.8) is 0 Å². The second-order valence-corrected chi connectivity index (χ2v) is 6.58. The normalized spacial score (nSPS) is 39.5. The molecule has 1 saturated carbocycles. The van der Waals surface area contributed by atoms with Crippen LogP contribution in [0.3, 0.4) is 0 Å². The topological polar surface area (TPSA) is 49.3 Å². The van der Waals surface area contributed by atoms with Crippen molar-refractivity contribution in [1.29, 1.82) is 0 Å². The van der Waals surface area contributed by atoms with Crippen LogP contribution < -0.4 is 5.32 Å². The molecule has 0 amide bonds. The van der Waals surface area contributed by atoms with Crippen LogP contribution in [0.2, 0.25) is 0 Å².